The first-order valence-electron chi connectivity index (χ1n) is 5.44. The monoisotopic (exact) mass is 242 g/mol. The van der Waals surface area contributed by atoms with Gasteiger partial charge in [0.2, 0.25) is 0 Å². The summed E-state index contributed by atoms with van der Waals surface area (Å²) in [5.41, 5.74) is 0. The highest BCUT2D eigenvalue weighted by atomic mass is 32.1. The molecule has 1 heterocycles. The van der Waals surface area contributed by atoms with E-state index < -0.39 is 0 Å². The number of carbonyl (C=O) groups excluding carboxylic acids is 1. The summed E-state index contributed by atoms with van der Waals surface area (Å²) in [6, 6.07) is 3.96. The molecule has 5 heteroatoms. The normalized spacial score (nSPS) is 10.1. The van der Waals surface area contributed by atoms with Crippen molar-refractivity contribution in [1.29, 1.82) is 0 Å². The van der Waals surface area contributed by atoms with Crippen molar-refractivity contribution in [2.24, 2.45) is 0 Å². The fraction of sp³-hybridized carbons (Fsp3) is 0.545. The quantitative estimate of drug-likeness (QED) is 0.790. The van der Waals surface area contributed by atoms with Crippen molar-refractivity contribution >= 4 is 17.4 Å². The molecule has 1 aromatic rings. The average molecular weight is 242 g/mol. The fourth-order valence-corrected chi connectivity index (χ4v) is 2.09. The van der Waals surface area contributed by atoms with E-state index in [1.165, 1.54) is 4.88 Å². The van der Waals surface area contributed by atoms with Gasteiger partial charge in [0.1, 0.15) is 0 Å². The minimum absolute atomic E-state index is 0.00614. The van der Waals surface area contributed by atoms with Crippen molar-refractivity contribution in [2.45, 2.75) is 13.3 Å². The predicted molar refractivity (Wildman–Crippen MR) is 65.8 cm³/mol. The topological polar surface area (TPSA) is 52.6 Å². The zero-order chi connectivity index (χ0) is 11.8. The Morgan fingerprint density at radius 3 is 3.00 bits per heavy atom. The van der Waals surface area contributed by atoms with Crippen LogP contribution in [0, 0.1) is 0 Å². The molecule has 1 aromatic heterocycles. The average Bonchev–Trinajstić information content (AvgIpc) is 2.78. The summed E-state index contributed by atoms with van der Waals surface area (Å²) >= 11 is 1.69. The number of thiophene rings is 1. The molecule has 90 valence electrons. The Balaban J connectivity index is 2.23. The van der Waals surface area contributed by atoms with E-state index in [0.717, 1.165) is 6.42 Å². The van der Waals surface area contributed by atoms with Gasteiger partial charge in [-0.25, -0.2) is 4.79 Å². The fourth-order valence-electron chi connectivity index (χ4n) is 1.38. The van der Waals surface area contributed by atoms with Gasteiger partial charge < -0.3 is 15.3 Å². The molecule has 0 saturated carbocycles. The van der Waals surface area contributed by atoms with Crippen molar-refractivity contribution in [1.82, 2.24) is 10.2 Å². The zero-order valence-electron chi connectivity index (χ0n) is 9.48. The standard InChI is InChI=1S/C11H18N2O2S/c1-2-13(7-8-14)11(15)12-6-5-10-4-3-9-16-10/h3-4,9,14H,2,5-8H2,1H3,(H,12,15). The Labute approximate surface area is 99.9 Å². The molecule has 2 amide bonds. The maximum atomic E-state index is 11.6. The highest BCUT2D eigenvalue weighted by molar-refractivity contribution is 7.09. The SMILES string of the molecule is CCN(CCO)C(=O)NCCc1cccs1. The van der Waals surface area contributed by atoms with Crippen LogP contribution < -0.4 is 5.32 Å². The number of likely N-dealkylation sites (N-methyl/N-ethyl adjacent to an activating group) is 1. The van der Waals surface area contributed by atoms with Crippen molar-refractivity contribution in [3.63, 3.8) is 0 Å². The van der Waals surface area contributed by atoms with E-state index in [-0.39, 0.29) is 12.6 Å². The van der Waals surface area contributed by atoms with Crippen LogP contribution in [0.1, 0.15) is 11.8 Å². The number of hydrogen-bond donors (Lipinski definition) is 2. The Hall–Kier alpha value is -1.07. The lowest BCUT2D eigenvalue weighted by molar-refractivity contribution is 0.180. The lowest BCUT2D eigenvalue weighted by Crippen LogP contribution is -2.42. The third kappa shape index (κ3) is 4.20. The molecule has 0 saturated heterocycles. The van der Waals surface area contributed by atoms with Gasteiger partial charge in [-0.15, -0.1) is 11.3 Å². The summed E-state index contributed by atoms with van der Waals surface area (Å²) in [6.45, 7) is 3.55. The number of urea groups is 1. The summed E-state index contributed by atoms with van der Waals surface area (Å²) in [5, 5.41) is 13.6. The molecule has 4 nitrogen and oxygen atoms in total. The van der Waals surface area contributed by atoms with E-state index in [0.29, 0.717) is 19.6 Å². The van der Waals surface area contributed by atoms with Crippen molar-refractivity contribution < 1.29 is 9.90 Å². The van der Waals surface area contributed by atoms with Gasteiger partial charge in [0.25, 0.3) is 0 Å². The van der Waals surface area contributed by atoms with Crippen LogP contribution in [0.15, 0.2) is 17.5 Å². The van der Waals surface area contributed by atoms with Crippen molar-refractivity contribution in [3.05, 3.63) is 22.4 Å². The third-order valence-electron chi connectivity index (χ3n) is 2.27. The Morgan fingerprint density at radius 1 is 1.62 bits per heavy atom. The van der Waals surface area contributed by atoms with E-state index in [4.69, 9.17) is 5.11 Å². The number of nitrogens with zero attached hydrogens (tertiary/aromatic N) is 1. The van der Waals surface area contributed by atoms with Crippen LogP contribution in [-0.4, -0.2) is 42.3 Å². The lowest BCUT2D eigenvalue weighted by Gasteiger charge is -2.19. The van der Waals surface area contributed by atoms with E-state index in [1.807, 2.05) is 18.4 Å². The predicted octanol–water partition coefficient (Wildman–Crippen LogP) is 1.31. The van der Waals surface area contributed by atoms with Crippen LogP contribution in [0.25, 0.3) is 0 Å². The van der Waals surface area contributed by atoms with Crippen LogP contribution in [-0.2, 0) is 6.42 Å². The second kappa shape index (κ2) is 7.24. The third-order valence-corrected chi connectivity index (χ3v) is 3.20. The van der Waals surface area contributed by atoms with Gasteiger partial charge in [-0.05, 0) is 24.8 Å². The van der Waals surface area contributed by atoms with Gasteiger partial charge in [-0.1, -0.05) is 6.07 Å². The van der Waals surface area contributed by atoms with E-state index >= 15 is 0 Å². The first-order valence-corrected chi connectivity index (χ1v) is 6.32. The largest absolute Gasteiger partial charge is 0.395 e. The second-order valence-corrected chi connectivity index (χ2v) is 4.40. The first kappa shape index (κ1) is 13.0. The van der Waals surface area contributed by atoms with Crippen LogP contribution in [0.4, 0.5) is 4.79 Å². The summed E-state index contributed by atoms with van der Waals surface area (Å²) in [7, 11) is 0. The molecule has 0 aliphatic carbocycles. The molecule has 0 aromatic carbocycles. The van der Waals surface area contributed by atoms with Gasteiger partial charge in [0.15, 0.2) is 0 Å². The number of aliphatic hydroxyl groups excluding tert-OH is 1. The van der Waals surface area contributed by atoms with Gasteiger partial charge in [0, 0.05) is 24.5 Å². The van der Waals surface area contributed by atoms with Crippen molar-refractivity contribution in [2.75, 3.05) is 26.2 Å². The smallest absolute Gasteiger partial charge is 0.317 e. The molecule has 0 radical (unpaired) electrons. The van der Waals surface area contributed by atoms with Crippen molar-refractivity contribution in [3.8, 4) is 0 Å². The summed E-state index contributed by atoms with van der Waals surface area (Å²) in [6.07, 6.45) is 0.861. The van der Waals surface area contributed by atoms with E-state index in [9.17, 15) is 4.79 Å². The summed E-state index contributed by atoms with van der Waals surface area (Å²) in [4.78, 5) is 14.5. The Kier molecular flexibility index (Phi) is 5.88. The molecule has 0 aliphatic heterocycles. The second-order valence-electron chi connectivity index (χ2n) is 3.36. The molecule has 16 heavy (non-hydrogen) atoms. The maximum Gasteiger partial charge on any atom is 0.317 e. The molecule has 1 rings (SSSR count). The summed E-state index contributed by atoms with van der Waals surface area (Å²) in [5.74, 6) is 0. The summed E-state index contributed by atoms with van der Waals surface area (Å²) < 4.78 is 0. The van der Waals surface area contributed by atoms with Crippen LogP contribution in [0.2, 0.25) is 0 Å². The maximum absolute atomic E-state index is 11.6. The van der Waals surface area contributed by atoms with E-state index in [2.05, 4.69) is 11.4 Å². The van der Waals surface area contributed by atoms with Crippen LogP contribution >= 0.6 is 11.3 Å². The molecule has 0 spiro atoms. The molecule has 0 fully saturated rings. The molecule has 0 unspecified atom stereocenters. The number of hydrogen-bond acceptors (Lipinski definition) is 3. The molecular weight excluding hydrogens is 224 g/mol. The molecule has 0 aliphatic rings. The molecular formula is C11H18N2O2S. The highest BCUT2D eigenvalue weighted by Crippen LogP contribution is 2.08. The minimum Gasteiger partial charge on any atom is -0.395 e. The highest BCUT2D eigenvalue weighted by Gasteiger charge is 2.09. The number of aliphatic hydroxyl groups is 1. The van der Waals surface area contributed by atoms with Gasteiger partial charge in [0.05, 0.1) is 6.61 Å². The number of carbonyl (C=O) groups is 1. The minimum atomic E-state index is -0.104. The Bertz CT molecular complexity index is 301. The van der Waals surface area contributed by atoms with Crippen LogP contribution in [0.5, 0.6) is 0 Å². The van der Waals surface area contributed by atoms with E-state index in [1.54, 1.807) is 16.2 Å². The molecule has 2 N–H and O–H groups in total. The van der Waals surface area contributed by atoms with Gasteiger partial charge in [-0.2, -0.15) is 0 Å². The lowest BCUT2D eigenvalue weighted by atomic mass is 10.3. The molecule has 0 atom stereocenters. The first-order chi connectivity index (χ1) is 7.77. The van der Waals surface area contributed by atoms with Gasteiger partial charge >= 0.3 is 6.03 Å². The number of rotatable bonds is 6. The Morgan fingerprint density at radius 2 is 2.44 bits per heavy atom. The number of nitrogens with one attached hydrogen (secondary N) is 1. The van der Waals surface area contributed by atoms with Crippen LogP contribution in [0.3, 0.4) is 0 Å². The van der Waals surface area contributed by atoms with Gasteiger partial charge in [-0.3, -0.25) is 0 Å². The zero-order valence-corrected chi connectivity index (χ0v) is 10.3. The number of amides is 2. The molecule has 0 bridgehead atoms.